The van der Waals surface area contributed by atoms with Crippen LogP contribution in [0.1, 0.15) is 38.5 Å². The molecule has 1 heterocycles. The molecule has 1 aliphatic carbocycles. The average Bonchev–Trinajstić information content (AvgIpc) is 2.64. The molecule has 2 rings (SSSR count). The summed E-state index contributed by atoms with van der Waals surface area (Å²) in [5.41, 5.74) is 5.47. The lowest BCUT2D eigenvalue weighted by Gasteiger charge is -2.37. The first-order chi connectivity index (χ1) is 8.99. The molecule has 0 aromatic carbocycles. The smallest absolute Gasteiger partial charge is 0.230 e. The van der Waals surface area contributed by atoms with Gasteiger partial charge in [0.2, 0.25) is 5.91 Å². The van der Waals surface area contributed by atoms with Crippen molar-refractivity contribution < 1.29 is 13.2 Å². The molecule has 2 aliphatic rings. The standard InChI is InChI=1S/C13H24N2O3S/c14-11-13(5-3-1-2-4-6-13)12(16)15-7-9-19(17,18)10-8-15/h1-11,14H2. The summed E-state index contributed by atoms with van der Waals surface area (Å²) in [7, 11) is -2.94. The SMILES string of the molecule is NCC1(C(=O)N2CCS(=O)(=O)CC2)CCCCCC1. The number of hydrogen-bond donors (Lipinski definition) is 1. The zero-order valence-corrected chi connectivity index (χ0v) is 12.3. The van der Waals surface area contributed by atoms with Gasteiger partial charge in [-0.05, 0) is 12.8 Å². The fourth-order valence-corrected chi connectivity index (χ4v) is 4.36. The van der Waals surface area contributed by atoms with E-state index in [-0.39, 0.29) is 17.4 Å². The summed E-state index contributed by atoms with van der Waals surface area (Å²) in [6.45, 7) is 1.06. The van der Waals surface area contributed by atoms with Crippen molar-refractivity contribution in [2.75, 3.05) is 31.1 Å². The van der Waals surface area contributed by atoms with Gasteiger partial charge in [-0.3, -0.25) is 4.79 Å². The molecular formula is C13H24N2O3S. The van der Waals surface area contributed by atoms with Gasteiger partial charge in [-0.15, -0.1) is 0 Å². The first kappa shape index (κ1) is 14.8. The van der Waals surface area contributed by atoms with E-state index in [0.29, 0.717) is 19.6 Å². The molecule has 1 aliphatic heterocycles. The molecule has 110 valence electrons. The average molecular weight is 288 g/mol. The van der Waals surface area contributed by atoms with E-state index in [4.69, 9.17) is 5.73 Å². The second kappa shape index (κ2) is 5.79. The topological polar surface area (TPSA) is 80.5 Å². The Kier molecular flexibility index (Phi) is 4.50. The summed E-state index contributed by atoms with van der Waals surface area (Å²) >= 11 is 0. The zero-order valence-electron chi connectivity index (χ0n) is 11.4. The van der Waals surface area contributed by atoms with Crippen LogP contribution in [0.5, 0.6) is 0 Å². The van der Waals surface area contributed by atoms with Crippen molar-refractivity contribution in [3.05, 3.63) is 0 Å². The number of rotatable bonds is 2. The van der Waals surface area contributed by atoms with Gasteiger partial charge >= 0.3 is 0 Å². The maximum atomic E-state index is 12.7. The van der Waals surface area contributed by atoms with Crippen LogP contribution in [0, 0.1) is 5.41 Å². The maximum Gasteiger partial charge on any atom is 0.230 e. The molecule has 0 unspecified atom stereocenters. The third-order valence-corrected chi connectivity index (χ3v) is 6.15. The normalized spacial score (nSPS) is 26.7. The van der Waals surface area contributed by atoms with Crippen molar-refractivity contribution in [1.82, 2.24) is 4.90 Å². The maximum absolute atomic E-state index is 12.7. The molecule has 6 heteroatoms. The van der Waals surface area contributed by atoms with Gasteiger partial charge in [0, 0.05) is 19.6 Å². The van der Waals surface area contributed by atoms with E-state index in [1.807, 2.05) is 0 Å². The summed E-state index contributed by atoms with van der Waals surface area (Å²) in [6.07, 6.45) is 6.15. The lowest BCUT2D eigenvalue weighted by atomic mass is 9.79. The molecule has 1 saturated carbocycles. The quantitative estimate of drug-likeness (QED) is 0.752. The summed E-state index contributed by atoms with van der Waals surface area (Å²) < 4.78 is 22.9. The Labute approximate surface area is 115 Å². The summed E-state index contributed by atoms with van der Waals surface area (Å²) in [6, 6.07) is 0. The first-order valence-electron chi connectivity index (χ1n) is 7.19. The number of nitrogens with zero attached hydrogens (tertiary/aromatic N) is 1. The molecule has 0 radical (unpaired) electrons. The highest BCUT2D eigenvalue weighted by Crippen LogP contribution is 2.36. The summed E-state index contributed by atoms with van der Waals surface area (Å²) in [4.78, 5) is 14.4. The van der Waals surface area contributed by atoms with Crippen molar-refractivity contribution in [3.8, 4) is 0 Å². The molecule has 0 spiro atoms. The van der Waals surface area contributed by atoms with Crippen molar-refractivity contribution in [1.29, 1.82) is 0 Å². The van der Waals surface area contributed by atoms with Crippen LogP contribution in [0.3, 0.4) is 0 Å². The highest BCUT2D eigenvalue weighted by atomic mass is 32.2. The molecule has 1 amide bonds. The Balaban J connectivity index is 2.08. The number of carbonyl (C=O) groups is 1. The Morgan fingerprint density at radius 3 is 2.05 bits per heavy atom. The molecule has 19 heavy (non-hydrogen) atoms. The number of carbonyl (C=O) groups excluding carboxylic acids is 1. The van der Waals surface area contributed by atoms with Crippen molar-refractivity contribution >= 4 is 15.7 Å². The lowest BCUT2D eigenvalue weighted by Crippen LogP contribution is -2.52. The number of hydrogen-bond acceptors (Lipinski definition) is 4. The molecule has 5 nitrogen and oxygen atoms in total. The van der Waals surface area contributed by atoms with Crippen LogP contribution in [0.15, 0.2) is 0 Å². The third-order valence-electron chi connectivity index (χ3n) is 4.54. The Morgan fingerprint density at radius 2 is 1.58 bits per heavy atom. The van der Waals surface area contributed by atoms with E-state index in [1.54, 1.807) is 4.90 Å². The summed E-state index contributed by atoms with van der Waals surface area (Å²) in [5, 5.41) is 0. The lowest BCUT2D eigenvalue weighted by molar-refractivity contribution is -0.142. The molecule has 0 aromatic rings. The number of nitrogens with two attached hydrogens (primary N) is 1. The van der Waals surface area contributed by atoms with E-state index >= 15 is 0 Å². The zero-order chi connectivity index (χ0) is 13.9. The fourth-order valence-electron chi connectivity index (χ4n) is 3.16. The molecule has 1 saturated heterocycles. The van der Waals surface area contributed by atoms with Crippen LogP contribution >= 0.6 is 0 Å². The molecule has 0 atom stereocenters. The van der Waals surface area contributed by atoms with Gasteiger partial charge in [0.05, 0.1) is 16.9 Å². The van der Waals surface area contributed by atoms with Gasteiger partial charge < -0.3 is 10.6 Å². The minimum absolute atomic E-state index is 0.0896. The van der Waals surface area contributed by atoms with E-state index in [1.165, 1.54) is 12.8 Å². The minimum Gasteiger partial charge on any atom is -0.340 e. The van der Waals surface area contributed by atoms with E-state index in [0.717, 1.165) is 25.7 Å². The van der Waals surface area contributed by atoms with Crippen LogP contribution < -0.4 is 5.73 Å². The Hall–Kier alpha value is -0.620. The predicted octanol–water partition coefficient (Wildman–Crippen LogP) is 0.543. The van der Waals surface area contributed by atoms with E-state index < -0.39 is 15.3 Å². The van der Waals surface area contributed by atoms with Crippen molar-refractivity contribution in [3.63, 3.8) is 0 Å². The third kappa shape index (κ3) is 3.28. The molecule has 2 fully saturated rings. The van der Waals surface area contributed by atoms with Crippen LogP contribution in [-0.2, 0) is 14.6 Å². The second-order valence-corrected chi connectivity index (χ2v) is 8.15. The van der Waals surface area contributed by atoms with E-state index in [9.17, 15) is 13.2 Å². The molecule has 2 N–H and O–H groups in total. The minimum atomic E-state index is -2.94. The fraction of sp³-hybridized carbons (Fsp3) is 0.923. The van der Waals surface area contributed by atoms with Crippen molar-refractivity contribution in [2.24, 2.45) is 11.1 Å². The van der Waals surface area contributed by atoms with Crippen LogP contribution in [0.25, 0.3) is 0 Å². The van der Waals surface area contributed by atoms with Gasteiger partial charge in [0.25, 0.3) is 0 Å². The van der Waals surface area contributed by atoms with Crippen molar-refractivity contribution in [2.45, 2.75) is 38.5 Å². The van der Waals surface area contributed by atoms with Gasteiger partial charge in [-0.2, -0.15) is 0 Å². The Morgan fingerprint density at radius 1 is 1.05 bits per heavy atom. The highest BCUT2D eigenvalue weighted by Gasteiger charge is 2.41. The largest absolute Gasteiger partial charge is 0.340 e. The van der Waals surface area contributed by atoms with E-state index in [2.05, 4.69) is 0 Å². The molecular weight excluding hydrogens is 264 g/mol. The number of sulfone groups is 1. The monoisotopic (exact) mass is 288 g/mol. The predicted molar refractivity (Wildman–Crippen MR) is 74.4 cm³/mol. The van der Waals surface area contributed by atoms with Gasteiger partial charge in [0.15, 0.2) is 9.84 Å². The molecule has 0 aromatic heterocycles. The number of amides is 1. The van der Waals surface area contributed by atoms with Gasteiger partial charge in [-0.1, -0.05) is 25.7 Å². The first-order valence-corrected chi connectivity index (χ1v) is 9.01. The Bertz CT molecular complexity index is 411. The van der Waals surface area contributed by atoms with Crippen LogP contribution in [0.2, 0.25) is 0 Å². The summed E-state index contributed by atoms with van der Waals surface area (Å²) in [5.74, 6) is 0.283. The molecule has 0 bridgehead atoms. The van der Waals surface area contributed by atoms with Crippen LogP contribution in [-0.4, -0.2) is 50.4 Å². The highest BCUT2D eigenvalue weighted by molar-refractivity contribution is 7.91. The second-order valence-electron chi connectivity index (χ2n) is 5.84. The van der Waals surface area contributed by atoms with Crippen LogP contribution in [0.4, 0.5) is 0 Å². The van der Waals surface area contributed by atoms with Gasteiger partial charge in [0.1, 0.15) is 0 Å². The van der Waals surface area contributed by atoms with Gasteiger partial charge in [-0.25, -0.2) is 8.42 Å².